The van der Waals surface area contributed by atoms with Crippen molar-refractivity contribution in [3.63, 3.8) is 0 Å². The molecule has 0 saturated carbocycles. The summed E-state index contributed by atoms with van der Waals surface area (Å²) in [4.78, 5) is 44.5. The number of carbonyl (C=O) groups excluding carboxylic acids is 3. The molecule has 0 spiro atoms. The maximum atomic E-state index is 13.5. The van der Waals surface area contributed by atoms with E-state index in [1.807, 2.05) is 11.0 Å². The van der Waals surface area contributed by atoms with Crippen LogP contribution in [0.2, 0.25) is 0 Å². The Hall–Kier alpha value is -3.41. The average molecular weight is 446 g/mol. The van der Waals surface area contributed by atoms with E-state index in [-0.39, 0.29) is 11.9 Å². The van der Waals surface area contributed by atoms with Crippen molar-refractivity contribution in [1.29, 1.82) is 0 Å². The van der Waals surface area contributed by atoms with Crippen LogP contribution in [-0.2, 0) is 11.2 Å². The number of likely N-dealkylation sites (tertiary alicyclic amines) is 1. The molecule has 0 radical (unpaired) electrons. The number of nitrogens with one attached hydrogen (secondary N) is 1. The number of carbonyl (C=O) groups is 3. The van der Waals surface area contributed by atoms with Gasteiger partial charge in [0, 0.05) is 49.3 Å². The Morgan fingerprint density at radius 3 is 2.48 bits per heavy atom. The number of ketones is 1. The van der Waals surface area contributed by atoms with Crippen LogP contribution in [0.1, 0.15) is 46.5 Å². The van der Waals surface area contributed by atoms with Gasteiger partial charge in [-0.05, 0) is 55.4 Å². The van der Waals surface area contributed by atoms with E-state index in [1.165, 1.54) is 10.5 Å². The summed E-state index contributed by atoms with van der Waals surface area (Å²) in [7, 11) is 3.10. The van der Waals surface area contributed by atoms with Crippen LogP contribution in [0.4, 0.5) is 0 Å². The molecule has 0 bridgehead atoms. The molecule has 1 unspecified atom stereocenters. The quantitative estimate of drug-likeness (QED) is 0.473. The van der Waals surface area contributed by atoms with Gasteiger partial charge in [0.1, 0.15) is 0 Å². The number of fused-ring (bicyclic) bond motifs is 1. The number of aromatic amines is 1. The number of hydrogen-bond donors (Lipinski definition) is 1. The van der Waals surface area contributed by atoms with Gasteiger partial charge in [0.05, 0.1) is 5.56 Å². The number of hydrogen-bond acceptors (Lipinski definition) is 3. The maximum absolute atomic E-state index is 13.5. The monoisotopic (exact) mass is 445 g/mol. The molecule has 4 rings (SSSR count). The number of benzene rings is 2. The number of piperidine rings is 1. The molecule has 33 heavy (non-hydrogen) atoms. The summed E-state index contributed by atoms with van der Waals surface area (Å²) < 4.78 is 0. The molecular weight excluding hydrogens is 414 g/mol. The summed E-state index contributed by atoms with van der Waals surface area (Å²) >= 11 is 0. The van der Waals surface area contributed by atoms with Gasteiger partial charge >= 0.3 is 0 Å². The van der Waals surface area contributed by atoms with Crippen LogP contribution < -0.4 is 0 Å². The van der Waals surface area contributed by atoms with Gasteiger partial charge in [0.15, 0.2) is 0 Å². The first kappa shape index (κ1) is 22.8. The lowest BCUT2D eigenvalue weighted by atomic mass is 9.79. The van der Waals surface area contributed by atoms with Crippen molar-refractivity contribution in [2.24, 2.45) is 11.8 Å². The summed E-state index contributed by atoms with van der Waals surface area (Å²) in [6.07, 6.45) is 3.52. The molecule has 6 nitrogen and oxygen atoms in total. The standard InChI is InChI=1S/C27H31N3O3/c1-17-16-30(18(2)12-21(17)13-19-8-6-5-7-9-19)26(32)20-10-11-24-22(14-20)23(15-28-24)25(31)27(33)29(3)4/h5-11,14-15,17-18,21,28H,12-13,16H2,1-4H3/t17-,18+,21?/m0/s1. The van der Waals surface area contributed by atoms with Crippen molar-refractivity contribution in [1.82, 2.24) is 14.8 Å². The van der Waals surface area contributed by atoms with E-state index in [2.05, 4.69) is 43.1 Å². The number of amides is 2. The molecule has 3 aromatic rings. The summed E-state index contributed by atoms with van der Waals surface area (Å²) in [6, 6.07) is 16.0. The lowest BCUT2D eigenvalue weighted by molar-refractivity contribution is -0.124. The molecule has 172 valence electrons. The second-order valence-corrected chi connectivity index (χ2v) is 9.46. The lowest BCUT2D eigenvalue weighted by Crippen LogP contribution is -2.48. The van der Waals surface area contributed by atoms with Crippen molar-refractivity contribution in [2.75, 3.05) is 20.6 Å². The Labute approximate surface area is 194 Å². The van der Waals surface area contributed by atoms with E-state index in [1.54, 1.807) is 38.5 Å². The molecule has 1 aliphatic rings. The first-order valence-electron chi connectivity index (χ1n) is 11.5. The van der Waals surface area contributed by atoms with Crippen LogP contribution in [0.5, 0.6) is 0 Å². The number of H-pyrrole nitrogens is 1. The highest BCUT2D eigenvalue weighted by Crippen LogP contribution is 2.32. The van der Waals surface area contributed by atoms with Gasteiger partial charge in [-0.2, -0.15) is 0 Å². The van der Waals surface area contributed by atoms with Crippen molar-refractivity contribution in [3.8, 4) is 0 Å². The zero-order valence-corrected chi connectivity index (χ0v) is 19.7. The fourth-order valence-corrected chi connectivity index (χ4v) is 4.85. The van der Waals surface area contributed by atoms with Gasteiger partial charge in [0.2, 0.25) is 0 Å². The molecule has 2 aromatic carbocycles. The van der Waals surface area contributed by atoms with Crippen LogP contribution in [0.15, 0.2) is 54.7 Å². The molecule has 1 saturated heterocycles. The molecule has 3 atom stereocenters. The third-order valence-electron chi connectivity index (χ3n) is 6.84. The average Bonchev–Trinajstić information content (AvgIpc) is 3.23. The van der Waals surface area contributed by atoms with Crippen LogP contribution in [0, 0.1) is 11.8 Å². The zero-order valence-electron chi connectivity index (χ0n) is 19.7. The number of likely N-dealkylation sites (N-methyl/N-ethyl adjacent to an activating group) is 1. The maximum Gasteiger partial charge on any atom is 0.294 e. The molecule has 0 aliphatic carbocycles. The van der Waals surface area contributed by atoms with Crippen molar-refractivity contribution in [2.45, 2.75) is 32.7 Å². The van der Waals surface area contributed by atoms with Crippen LogP contribution >= 0.6 is 0 Å². The Morgan fingerprint density at radius 1 is 1.06 bits per heavy atom. The van der Waals surface area contributed by atoms with E-state index in [4.69, 9.17) is 0 Å². The normalized spacial score (nSPS) is 20.6. The SMILES string of the molecule is C[C@@H]1CC(Cc2ccccc2)[C@@H](C)CN1C(=O)c1ccc2[nH]cc(C(=O)C(=O)N(C)C)c2c1. The highest BCUT2D eigenvalue weighted by molar-refractivity contribution is 6.44. The topological polar surface area (TPSA) is 73.5 Å². The lowest BCUT2D eigenvalue weighted by Gasteiger charge is -2.42. The number of nitrogens with zero attached hydrogens (tertiary/aromatic N) is 2. The second kappa shape index (κ2) is 9.22. The summed E-state index contributed by atoms with van der Waals surface area (Å²) in [6.45, 7) is 5.04. The van der Waals surface area contributed by atoms with Crippen LogP contribution in [0.3, 0.4) is 0 Å². The highest BCUT2D eigenvalue weighted by atomic mass is 16.2. The smallest absolute Gasteiger partial charge is 0.294 e. The van der Waals surface area contributed by atoms with Crippen LogP contribution in [-0.4, -0.2) is 59.1 Å². The minimum Gasteiger partial charge on any atom is -0.360 e. The van der Waals surface area contributed by atoms with E-state index in [0.717, 1.165) is 18.4 Å². The first-order chi connectivity index (χ1) is 15.8. The van der Waals surface area contributed by atoms with Gasteiger partial charge in [-0.1, -0.05) is 37.3 Å². The summed E-state index contributed by atoms with van der Waals surface area (Å²) in [5, 5.41) is 0.598. The van der Waals surface area contributed by atoms with Gasteiger partial charge in [-0.25, -0.2) is 0 Å². The van der Waals surface area contributed by atoms with Crippen molar-refractivity contribution in [3.05, 3.63) is 71.4 Å². The molecule has 1 fully saturated rings. The van der Waals surface area contributed by atoms with E-state index in [9.17, 15) is 14.4 Å². The number of Topliss-reactive ketones (excluding diaryl/α,β-unsaturated/α-hetero) is 1. The minimum atomic E-state index is -0.587. The molecule has 6 heteroatoms. The van der Waals surface area contributed by atoms with E-state index >= 15 is 0 Å². The van der Waals surface area contributed by atoms with Gasteiger partial charge in [-0.3, -0.25) is 14.4 Å². The van der Waals surface area contributed by atoms with Gasteiger partial charge in [0.25, 0.3) is 17.6 Å². The molecule has 2 heterocycles. The van der Waals surface area contributed by atoms with Crippen molar-refractivity contribution < 1.29 is 14.4 Å². The first-order valence-corrected chi connectivity index (χ1v) is 11.5. The fraction of sp³-hybridized carbons (Fsp3) is 0.370. The predicted octanol–water partition coefficient (Wildman–Crippen LogP) is 4.17. The van der Waals surface area contributed by atoms with E-state index in [0.29, 0.717) is 34.9 Å². The Morgan fingerprint density at radius 2 is 1.79 bits per heavy atom. The molecule has 1 N–H and O–H groups in total. The highest BCUT2D eigenvalue weighted by Gasteiger charge is 2.34. The number of rotatable bonds is 5. The van der Waals surface area contributed by atoms with Crippen molar-refractivity contribution >= 4 is 28.5 Å². The Balaban J connectivity index is 1.54. The second-order valence-electron chi connectivity index (χ2n) is 9.46. The Bertz CT molecular complexity index is 1180. The van der Waals surface area contributed by atoms with E-state index < -0.39 is 11.7 Å². The molecule has 1 aromatic heterocycles. The third kappa shape index (κ3) is 4.56. The minimum absolute atomic E-state index is 0.0343. The van der Waals surface area contributed by atoms with Gasteiger partial charge < -0.3 is 14.8 Å². The number of aromatic nitrogens is 1. The van der Waals surface area contributed by atoms with Gasteiger partial charge in [-0.15, -0.1) is 0 Å². The zero-order chi connectivity index (χ0) is 23.7. The molecule has 1 aliphatic heterocycles. The van der Waals surface area contributed by atoms with Crippen LogP contribution in [0.25, 0.3) is 10.9 Å². The summed E-state index contributed by atoms with van der Waals surface area (Å²) in [5.41, 5.74) is 2.89. The largest absolute Gasteiger partial charge is 0.360 e. The molecule has 2 amide bonds. The third-order valence-corrected chi connectivity index (χ3v) is 6.84. The summed E-state index contributed by atoms with van der Waals surface area (Å²) in [5.74, 6) is -0.292. The predicted molar refractivity (Wildman–Crippen MR) is 129 cm³/mol. The fourth-order valence-electron chi connectivity index (χ4n) is 4.85. The Kier molecular flexibility index (Phi) is 6.36. The molecular formula is C27H31N3O3.